The number of rotatable bonds is 3. The van der Waals surface area contributed by atoms with Crippen LogP contribution in [0.2, 0.25) is 0 Å². The molecule has 0 bridgehead atoms. The van der Waals surface area contributed by atoms with Crippen LogP contribution in [0, 0.1) is 5.92 Å². The molecule has 18 heavy (non-hydrogen) atoms. The SMILES string of the molecule is CNc1nc2c(c(=O)[nH]c(=O)n2CC(C)C)n1C. The Morgan fingerprint density at radius 1 is 1.39 bits per heavy atom. The van der Waals surface area contributed by atoms with E-state index in [1.165, 1.54) is 4.57 Å². The molecule has 2 aromatic rings. The van der Waals surface area contributed by atoms with Crippen molar-refractivity contribution in [2.45, 2.75) is 20.4 Å². The van der Waals surface area contributed by atoms with Crippen molar-refractivity contribution in [3.05, 3.63) is 20.8 Å². The Morgan fingerprint density at radius 3 is 2.61 bits per heavy atom. The summed E-state index contributed by atoms with van der Waals surface area (Å²) in [6, 6.07) is 0. The number of hydrogen-bond acceptors (Lipinski definition) is 4. The lowest BCUT2D eigenvalue weighted by Gasteiger charge is -2.08. The van der Waals surface area contributed by atoms with Gasteiger partial charge < -0.3 is 9.88 Å². The standard InChI is InChI=1S/C11H17N5O2/c1-6(2)5-16-8-7(9(17)14-11(16)18)15(4)10(12-3)13-8/h6H,5H2,1-4H3,(H,12,13)(H,14,17,18). The molecule has 0 saturated heterocycles. The number of hydrogen-bond donors (Lipinski definition) is 2. The molecule has 0 atom stereocenters. The van der Waals surface area contributed by atoms with Crippen LogP contribution in [0.5, 0.6) is 0 Å². The second-order valence-corrected chi connectivity index (χ2v) is 4.68. The van der Waals surface area contributed by atoms with Gasteiger partial charge in [-0.2, -0.15) is 4.98 Å². The first-order chi connectivity index (χ1) is 8.45. The van der Waals surface area contributed by atoms with Gasteiger partial charge in [0, 0.05) is 20.6 Å². The monoisotopic (exact) mass is 251 g/mol. The van der Waals surface area contributed by atoms with Crippen LogP contribution >= 0.6 is 0 Å². The minimum Gasteiger partial charge on any atom is -0.359 e. The van der Waals surface area contributed by atoms with Crippen LogP contribution in [0.4, 0.5) is 5.95 Å². The van der Waals surface area contributed by atoms with Gasteiger partial charge in [-0.1, -0.05) is 13.8 Å². The van der Waals surface area contributed by atoms with Crippen LogP contribution in [-0.4, -0.2) is 26.1 Å². The Morgan fingerprint density at radius 2 is 2.06 bits per heavy atom. The van der Waals surface area contributed by atoms with E-state index in [2.05, 4.69) is 15.3 Å². The lowest BCUT2D eigenvalue weighted by Crippen LogP contribution is -2.32. The topological polar surface area (TPSA) is 84.7 Å². The Labute approximate surface area is 103 Å². The molecule has 0 fully saturated rings. The normalized spacial score (nSPS) is 11.4. The van der Waals surface area contributed by atoms with Gasteiger partial charge in [-0.05, 0) is 5.92 Å². The summed E-state index contributed by atoms with van der Waals surface area (Å²) in [6.45, 7) is 4.53. The van der Waals surface area contributed by atoms with Crippen molar-refractivity contribution in [1.29, 1.82) is 0 Å². The first-order valence-electron chi connectivity index (χ1n) is 5.83. The first-order valence-corrected chi connectivity index (χ1v) is 5.83. The molecule has 0 aliphatic heterocycles. The molecule has 0 unspecified atom stereocenters. The first kappa shape index (κ1) is 12.4. The molecule has 0 radical (unpaired) electrons. The zero-order valence-corrected chi connectivity index (χ0v) is 10.9. The summed E-state index contributed by atoms with van der Waals surface area (Å²) < 4.78 is 3.15. The molecule has 7 heteroatoms. The fourth-order valence-electron chi connectivity index (χ4n) is 2.00. The molecular weight excluding hydrogens is 234 g/mol. The third-order valence-electron chi connectivity index (χ3n) is 2.78. The van der Waals surface area contributed by atoms with Gasteiger partial charge in [-0.3, -0.25) is 14.3 Å². The van der Waals surface area contributed by atoms with Gasteiger partial charge >= 0.3 is 5.69 Å². The summed E-state index contributed by atoms with van der Waals surface area (Å²) in [7, 11) is 3.46. The van der Waals surface area contributed by atoms with Crippen LogP contribution in [0.1, 0.15) is 13.8 Å². The summed E-state index contributed by atoms with van der Waals surface area (Å²) >= 11 is 0. The van der Waals surface area contributed by atoms with Crippen LogP contribution in [0.15, 0.2) is 9.59 Å². The predicted molar refractivity (Wildman–Crippen MR) is 70.0 cm³/mol. The molecular formula is C11H17N5O2. The second-order valence-electron chi connectivity index (χ2n) is 4.68. The molecule has 7 nitrogen and oxygen atoms in total. The molecule has 2 rings (SSSR count). The third-order valence-corrected chi connectivity index (χ3v) is 2.78. The fourth-order valence-corrected chi connectivity index (χ4v) is 2.00. The van der Waals surface area contributed by atoms with E-state index in [0.29, 0.717) is 23.7 Å². The summed E-state index contributed by atoms with van der Waals surface area (Å²) in [5.74, 6) is 0.843. The summed E-state index contributed by atoms with van der Waals surface area (Å²) in [5.41, 5.74) is -0.00245. The Balaban J connectivity index is 2.86. The zero-order valence-electron chi connectivity index (χ0n) is 10.9. The maximum Gasteiger partial charge on any atom is 0.330 e. The molecule has 0 aliphatic rings. The maximum absolute atomic E-state index is 11.8. The van der Waals surface area contributed by atoms with Crippen molar-refractivity contribution in [2.24, 2.45) is 13.0 Å². The average Bonchev–Trinajstić information content (AvgIpc) is 2.61. The molecule has 2 heterocycles. The number of nitrogens with zero attached hydrogens (tertiary/aromatic N) is 3. The maximum atomic E-state index is 11.8. The van der Waals surface area contributed by atoms with Gasteiger partial charge in [0.1, 0.15) is 0 Å². The van der Waals surface area contributed by atoms with Gasteiger partial charge in [0.05, 0.1) is 0 Å². The van der Waals surface area contributed by atoms with E-state index < -0.39 is 11.2 Å². The summed E-state index contributed by atoms with van der Waals surface area (Å²) in [5, 5.41) is 2.90. The van der Waals surface area contributed by atoms with Crippen molar-refractivity contribution >= 4 is 17.1 Å². The van der Waals surface area contributed by atoms with Crippen LogP contribution in [0.25, 0.3) is 11.2 Å². The number of anilines is 1. The predicted octanol–water partition coefficient (Wildman–Crippen LogP) is 0.121. The van der Waals surface area contributed by atoms with Gasteiger partial charge in [0.25, 0.3) is 5.56 Å². The molecule has 0 amide bonds. The molecule has 0 aromatic carbocycles. The highest BCUT2D eigenvalue weighted by atomic mass is 16.2. The van der Waals surface area contributed by atoms with Crippen LogP contribution in [-0.2, 0) is 13.6 Å². The number of H-pyrrole nitrogens is 1. The van der Waals surface area contributed by atoms with E-state index in [9.17, 15) is 9.59 Å². The lowest BCUT2D eigenvalue weighted by atomic mass is 10.2. The molecule has 0 aliphatic carbocycles. The molecule has 2 aromatic heterocycles. The van der Waals surface area contributed by atoms with Gasteiger partial charge in [0.2, 0.25) is 5.95 Å². The lowest BCUT2D eigenvalue weighted by molar-refractivity contribution is 0.513. The van der Waals surface area contributed by atoms with Crippen molar-refractivity contribution in [3.63, 3.8) is 0 Å². The Hall–Kier alpha value is -2.05. The van der Waals surface area contributed by atoms with Gasteiger partial charge in [-0.25, -0.2) is 4.79 Å². The van der Waals surface area contributed by atoms with E-state index in [1.54, 1.807) is 18.7 Å². The third kappa shape index (κ3) is 1.81. The van der Waals surface area contributed by atoms with E-state index in [-0.39, 0.29) is 5.92 Å². The van der Waals surface area contributed by atoms with Crippen LogP contribution < -0.4 is 16.6 Å². The van der Waals surface area contributed by atoms with Gasteiger partial charge in [0.15, 0.2) is 11.2 Å². The van der Waals surface area contributed by atoms with E-state index >= 15 is 0 Å². The van der Waals surface area contributed by atoms with Crippen molar-refractivity contribution < 1.29 is 0 Å². The number of nitrogens with one attached hydrogen (secondary N) is 2. The molecule has 2 N–H and O–H groups in total. The Bertz CT molecular complexity index is 692. The summed E-state index contributed by atoms with van der Waals surface area (Å²) in [6.07, 6.45) is 0. The smallest absolute Gasteiger partial charge is 0.330 e. The number of fused-ring (bicyclic) bond motifs is 1. The molecule has 0 saturated carbocycles. The van der Waals surface area contributed by atoms with Crippen molar-refractivity contribution in [3.8, 4) is 0 Å². The number of aryl methyl sites for hydroxylation is 1. The minimum atomic E-state index is -0.415. The number of aromatic nitrogens is 4. The van der Waals surface area contributed by atoms with E-state index in [4.69, 9.17) is 0 Å². The average molecular weight is 251 g/mol. The summed E-state index contributed by atoms with van der Waals surface area (Å²) in [4.78, 5) is 30.3. The Kier molecular flexibility index (Phi) is 2.98. The fraction of sp³-hybridized carbons (Fsp3) is 0.545. The molecule has 98 valence electrons. The van der Waals surface area contributed by atoms with Crippen LogP contribution in [0.3, 0.4) is 0 Å². The van der Waals surface area contributed by atoms with Crippen molar-refractivity contribution in [1.82, 2.24) is 19.1 Å². The van der Waals surface area contributed by atoms with E-state index in [1.807, 2.05) is 13.8 Å². The quantitative estimate of drug-likeness (QED) is 0.811. The van der Waals surface area contributed by atoms with Crippen molar-refractivity contribution in [2.75, 3.05) is 12.4 Å². The van der Waals surface area contributed by atoms with Gasteiger partial charge in [-0.15, -0.1) is 0 Å². The van der Waals surface area contributed by atoms with E-state index in [0.717, 1.165) is 0 Å². The molecule has 0 spiro atoms. The number of imidazole rings is 1. The zero-order chi connectivity index (χ0) is 13.4. The second kappa shape index (κ2) is 4.32. The highest BCUT2D eigenvalue weighted by molar-refractivity contribution is 5.73. The highest BCUT2D eigenvalue weighted by Gasteiger charge is 2.16. The minimum absolute atomic E-state index is 0.289. The number of aromatic amines is 1. The largest absolute Gasteiger partial charge is 0.359 e. The highest BCUT2D eigenvalue weighted by Crippen LogP contribution is 2.13.